The van der Waals surface area contributed by atoms with Crippen LogP contribution < -0.4 is 0 Å². The zero-order valence-corrected chi connectivity index (χ0v) is 9.36. The molecular weight excluding hydrogens is 218 g/mol. The molecule has 0 heterocycles. The summed E-state index contributed by atoms with van der Waals surface area (Å²) in [6.45, 7) is 0. The normalized spacial score (nSPS) is 12.8. The minimum Gasteiger partial charge on any atom is -0.393 e. The highest BCUT2D eigenvalue weighted by atomic mass is 32.2. The topological polar surface area (TPSA) is 20.2 Å². The maximum Gasteiger partial charge on any atom is 0.162 e. The fourth-order valence-corrected chi connectivity index (χ4v) is 1.82. The number of thioether (sulfide) groups is 1. The third-order valence-corrected chi connectivity index (χ3v) is 2.79. The number of benzene rings is 1. The fraction of sp³-hybridized carbons (Fsp3) is 0.455. The van der Waals surface area contributed by atoms with Gasteiger partial charge in [0.1, 0.15) is 0 Å². The van der Waals surface area contributed by atoms with Gasteiger partial charge in [0.05, 0.1) is 6.10 Å². The van der Waals surface area contributed by atoms with E-state index in [2.05, 4.69) is 0 Å². The Hall–Kier alpha value is -0.610. The predicted molar refractivity (Wildman–Crippen MR) is 59.1 cm³/mol. The highest BCUT2D eigenvalue weighted by Crippen LogP contribution is 2.14. The third kappa shape index (κ3) is 3.80. The second kappa shape index (κ2) is 6.08. The largest absolute Gasteiger partial charge is 0.393 e. The Bertz CT molecular complexity index is 317. The molecule has 0 saturated heterocycles. The molecule has 0 aliphatic rings. The lowest BCUT2D eigenvalue weighted by Crippen LogP contribution is -2.13. The molecule has 0 saturated carbocycles. The van der Waals surface area contributed by atoms with Crippen molar-refractivity contribution in [1.82, 2.24) is 0 Å². The van der Waals surface area contributed by atoms with Crippen LogP contribution in [-0.4, -0.2) is 23.2 Å². The molecule has 1 unspecified atom stereocenters. The van der Waals surface area contributed by atoms with E-state index >= 15 is 0 Å². The first-order valence-corrected chi connectivity index (χ1v) is 6.14. The summed E-state index contributed by atoms with van der Waals surface area (Å²) in [6, 6.07) is 4.03. The molecule has 0 aliphatic heterocycles. The van der Waals surface area contributed by atoms with E-state index in [-0.39, 0.29) is 12.0 Å². The van der Waals surface area contributed by atoms with Gasteiger partial charge in [-0.05, 0) is 30.1 Å². The van der Waals surface area contributed by atoms with Crippen molar-refractivity contribution < 1.29 is 13.9 Å². The van der Waals surface area contributed by atoms with Gasteiger partial charge in [-0.1, -0.05) is 12.1 Å². The van der Waals surface area contributed by atoms with Crippen LogP contribution in [0.5, 0.6) is 0 Å². The van der Waals surface area contributed by atoms with Crippen LogP contribution in [0.1, 0.15) is 12.0 Å². The molecule has 0 aromatic heterocycles. The van der Waals surface area contributed by atoms with Gasteiger partial charge in [-0.15, -0.1) is 0 Å². The minimum atomic E-state index is -0.857. The summed E-state index contributed by atoms with van der Waals surface area (Å²) >= 11 is 1.62. The van der Waals surface area contributed by atoms with Gasteiger partial charge >= 0.3 is 0 Å². The minimum absolute atomic E-state index is 0.171. The molecule has 0 aliphatic carbocycles. The highest BCUT2D eigenvalue weighted by molar-refractivity contribution is 7.98. The first-order valence-electron chi connectivity index (χ1n) is 4.75. The average Bonchev–Trinajstić information content (AvgIpc) is 2.22. The molecule has 0 spiro atoms. The Kier molecular flexibility index (Phi) is 5.05. The fourth-order valence-electron chi connectivity index (χ4n) is 1.32. The summed E-state index contributed by atoms with van der Waals surface area (Å²) < 4.78 is 26.0. The zero-order chi connectivity index (χ0) is 11.3. The quantitative estimate of drug-likeness (QED) is 0.842. The summed E-state index contributed by atoms with van der Waals surface area (Å²) in [5.74, 6) is -0.886. The first-order chi connectivity index (χ1) is 7.15. The van der Waals surface area contributed by atoms with Crippen molar-refractivity contribution in [2.24, 2.45) is 0 Å². The van der Waals surface area contributed by atoms with Gasteiger partial charge in [-0.2, -0.15) is 11.8 Å². The second-order valence-corrected chi connectivity index (χ2v) is 4.34. The molecule has 0 bridgehead atoms. The summed E-state index contributed by atoms with van der Waals surface area (Å²) in [5.41, 5.74) is 0.239. The number of halogens is 2. The van der Waals surface area contributed by atoms with Crippen LogP contribution in [-0.2, 0) is 6.42 Å². The SMILES string of the molecule is CSCCC(O)Cc1cccc(F)c1F. The van der Waals surface area contributed by atoms with Gasteiger partial charge in [0.2, 0.25) is 0 Å². The van der Waals surface area contributed by atoms with E-state index < -0.39 is 17.7 Å². The molecular formula is C11H14F2OS. The molecule has 15 heavy (non-hydrogen) atoms. The van der Waals surface area contributed by atoms with Gasteiger partial charge in [-0.25, -0.2) is 8.78 Å². The van der Waals surface area contributed by atoms with E-state index in [1.165, 1.54) is 12.1 Å². The van der Waals surface area contributed by atoms with Crippen LogP contribution in [0.15, 0.2) is 18.2 Å². The van der Waals surface area contributed by atoms with E-state index in [0.29, 0.717) is 6.42 Å². The molecule has 0 amide bonds. The number of rotatable bonds is 5. The standard InChI is InChI=1S/C11H14F2OS/c1-15-6-5-9(14)7-8-3-2-4-10(12)11(8)13/h2-4,9,14H,5-7H2,1H3. The van der Waals surface area contributed by atoms with Gasteiger partial charge in [-0.3, -0.25) is 0 Å². The van der Waals surface area contributed by atoms with E-state index in [1.807, 2.05) is 6.26 Å². The number of hydrogen-bond acceptors (Lipinski definition) is 2. The van der Waals surface area contributed by atoms with Gasteiger partial charge in [0, 0.05) is 6.42 Å². The van der Waals surface area contributed by atoms with Gasteiger partial charge in [0.25, 0.3) is 0 Å². The predicted octanol–water partition coefficient (Wildman–Crippen LogP) is 2.62. The number of hydrogen-bond donors (Lipinski definition) is 1. The summed E-state index contributed by atoms with van der Waals surface area (Å²) in [7, 11) is 0. The molecule has 0 radical (unpaired) electrons. The van der Waals surface area contributed by atoms with E-state index in [4.69, 9.17) is 0 Å². The Morgan fingerprint density at radius 3 is 2.80 bits per heavy atom. The van der Waals surface area contributed by atoms with Crippen molar-refractivity contribution in [1.29, 1.82) is 0 Å². The van der Waals surface area contributed by atoms with Gasteiger partial charge in [0.15, 0.2) is 11.6 Å². The average molecular weight is 232 g/mol. The van der Waals surface area contributed by atoms with Crippen molar-refractivity contribution in [2.75, 3.05) is 12.0 Å². The smallest absolute Gasteiger partial charge is 0.162 e. The first kappa shape index (κ1) is 12.5. The lowest BCUT2D eigenvalue weighted by molar-refractivity contribution is 0.170. The molecule has 1 rings (SSSR count). The van der Waals surface area contributed by atoms with Crippen molar-refractivity contribution in [2.45, 2.75) is 18.9 Å². The Morgan fingerprint density at radius 1 is 1.40 bits per heavy atom. The Morgan fingerprint density at radius 2 is 2.13 bits per heavy atom. The van der Waals surface area contributed by atoms with E-state index in [0.717, 1.165) is 11.8 Å². The molecule has 1 nitrogen and oxygen atoms in total. The highest BCUT2D eigenvalue weighted by Gasteiger charge is 2.11. The van der Waals surface area contributed by atoms with Crippen LogP contribution in [0.4, 0.5) is 8.78 Å². The van der Waals surface area contributed by atoms with Crippen LogP contribution in [0, 0.1) is 11.6 Å². The maximum atomic E-state index is 13.2. The van der Waals surface area contributed by atoms with E-state index in [9.17, 15) is 13.9 Å². The van der Waals surface area contributed by atoms with Gasteiger partial charge < -0.3 is 5.11 Å². The maximum absolute atomic E-state index is 13.2. The summed E-state index contributed by atoms with van der Waals surface area (Å²) in [5, 5.41) is 9.55. The van der Waals surface area contributed by atoms with Crippen LogP contribution in [0.2, 0.25) is 0 Å². The lowest BCUT2D eigenvalue weighted by Gasteiger charge is -2.10. The van der Waals surface area contributed by atoms with Crippen molar-refractivity contribution in [3.8, 4) is 0 Å². The van der Waals surface area contributed by atoms with E-state index in [1.54, 1.807) is 11.8 Å². The molecule has 1 N–H and O–H groups in total. The number of aliphatic hydroxyl groups is 1. The molecule has 1 aromatic carbocycles. The monoisotopic (exact) mass is 232 g/mol. The summed E-state index contributed by atoms with van der Waals surface area (Å²) in [4.78, 5) is 0. The molecule has 4 heteroatoms. The molecule has 1 aromatic rings. The molecule has 1 atom stereocenters. The third-order valence-electron chi connectivity index (χ3n) is 2.14. The number of aliphatic hydroxyl groups excluding tert-OH is 1. The zero-order valence-electron chi connectivity index (χ0n) is 8.54. The van der Waals surface area contributed by atoms with Crippen molar-refractivity contribution in [3.05, 3.63) is 35.4 Å². The lowest BCUT2D eigenvalue weighted by atomic mass is 10.1. The van der Waals surface area contributed by atoms with Crippen molar-refractivity contribution >= 4 is 11.8 Å². The van der Waals surface area contributed by atoms with Crippen LogP contribution in [0.25, 0.3) is 0 Å². The molecule has 0 fully saturated rings. The van der Waals surface area contributed by atoms with Crippen molar-refractivity contribution in [3.63, 3.8) is 0 Å². The Balaban J connectivity index is 2.60. The summed E-state index contributed by atoms with van der Waals surface area (Å²) in [6.07, 6.45) is 2.10. The van der Waals surface area contributed by atoms with Crippen LogP contribution >= 0.6 is 11.8 Å². The molecule has 84 valence electrons. The van der Waals surface area contributed by atoms with Crippen LogP contribution in [0.3, 0.4) is 0 Å². The second-order valence-electron chi connectivity index (χ2n) is 3.35. The Labute approximate surface area is 92.5 Å².